The number of piperidine rings is 1. The topological polar surface area (TPSA) is 48.0 Å². The van der Waals surface area contributed by atoms with Crippen LogP contribution in [-0.4, -0.2) is 44.7 Å². The van der Waals surface area contributed by atoms with E-state index in [1.165, 1.54) is 16.7 Å². The smallest absolute Gasteiger partial charge is 0.219 e. The van der Waals surface area contributed by atoms with Gasteiger partial charge in [-0.15, -0.1) is 0 Å². The Morgan fingerprint density at radius 2 is 2.14 bits per heavy atom. The standard InChI is InChI=1S/C22H28BrNO4/c1-6-17-18(23)11-19(27-5)21-20(17)22(13-28-21)9-10-24(15(3)25)12-16(22)8-7-14(2)26-4/h7-8,11H,6,9-10,12-13H2,1-5H3/b14-7+,16-8-. The van der Waals surface area contributed by atoms with Gasteiger partial charge in [-0.3, -0.25) is 4.79 Å². The summed E-state index contributed by atoms with van der Waals surface area (Å²) in [5.41, 5.74) is 3.33. The molecule has 1 unspecified atom stereocenters. The molecule has 0 aromatic heterocycles. The van der Waals surface area contributed by atoms with Crippen molar-refractivity contribution in [2.75, 3.05) is 33.9 Å². The zero-order valence-electron chi connectivity index (χ0n) is 17.2. The van der Waals surface area contributed by atoms with Crippen molar-refractivity contribution in [3.63, 3.8) is 0 Å². The number of methoxy groups -OCH3 is 2. The molecule has 0 aliphatic carbocycles. The molecule has 28 heavy (non-hydrogen) atoms. The van der Waals surface area contributed by atoms with E-state index in [1.807, 2.05) is 24.0 Å². The number of amides is 1. The second-order valence-corrected chi connectivity index (χ2v) is 8.19. The number of carbonyl (C=O) groups excluding carboxylic acids is 1. The van der Waals surface area contributed by atoms with Crippen LogP contribution in [0.25, 0.3) is 0 Å². The summed E-state index contributed by atoms with van der Waals surface area (Å²) in [7, 11) is 3.33. The minimum atomic E-state index is -0.270. The molecule has 152 valence electrons. The maximum absolute atomic E-state index is 12.1. The number of halogens is 1. The van der Waals surface area contributed by atoms with E-state index in [2.05, 4.69) is 28.9 Å². The predicted octanol–water partition coefficient (Wildman–Crippen LogP) is 4.38. The van der Waals surface area contributed by atoms with Crippen molar-refractivity contribution in [2.45, 2.75) is 39.0 Å². The van der Waals surface area contributed by atoms with E-state index in [-0.39, 0.29) is 11.3 Å². The molecular formula is C22H28BrNO4. The summed E-state index contributed by atoms with van der Waals surface area (Å²) in [5, 5.41) is 0. The fourth-order valence-corrected chi connectivity index (χ4v) is 4.89. The van der Waals surface area contributed by atoms with Crippen LogP contribution >= 0.6 is 15.9 Å². The monoisotopic (exact) mass is 449 g/mol. The first-order valence-corrected chi connectivity index (χ1v) is 10.4. The molecule has 1 aromatic carbocycles. The number of ether oxygens (including phenoxy) is 3. The van der Waals surface area contributed by atoms with E-state index in [0.29, 0.717) is 19.7 Å². The molecule has 3 rings (SSSR count). The van der Waals surface area contributed by atoms with E-state index >= 15 is 0 Å². The predicted molar refractivity (Wildman–Crippen MR) is 113 cm³/mol. The quantitative estimate of drug-likeness (QED) is 0.639. The number of likely N-dealkylation sites (tertiary alicyclic amines) is 1. The highest BCUT2D eigenvalue weighted by atomic mass is 79.9. The second kappa shape index (κ2) is 8.19. The van der Waals surface area contributed by atoms with Crippen molar-refractivity contribution in [3.8, 4) is 11.5 Å². The van der Waals surface area contributed by atoms with Crippen molar-refractivity contribution in [2.24, 2.45) is 0 Å². The van der Waals surface area contributed by atoms with Gasteiger partial charge in [-0.1, -0.05) is 28.9 Å². The average molecular weight is 450 g/mol. The summed E-state index contributed by atoms with van der Waals surface area (Å²) in [5.74, 6) is 2.49. The van der Waals surface area contributed by atoms with Gasteiger partial charge in [0.1, 0.15) is 6.61 Å². The summed E-state index contributed by atoms with van der Waals surface area (Å²) >= 11 is 3.73. The van der Waals surface area contributed by atoms with Crippen LogP contribution in [0, 0.1) is 0 Å². The average Bonchev–Trinajstić information content (AvgIpc) is 3.06. The summed E-state index contributed by atoms with van der Waals surface area (Å²) in [6.45, 7) is 7.55. The minimum absolute atomic E-state index is 0.0925. The number of hydrogen-bond acceptors (Lipinski definition) is 4. The molecule has 1 amide bonds. The maximum Gasteiger partial charge on any atom is 0.219 e. The Kier molecular flexibility index (Phi) is 6.08. The number of hydrogen-bond donors (Lipinski definition) is 0. The Hall–Kier alpha value is -1.95. The highest BCUT2D eigenvalue weighted by Gasteiger charge is 2.49. The molecule has 0 N–H and O–H groups in total. The van der Waals surface area contributed by atoms with Crippen molar-refractivity contribution >= 4 is 21.8 Å². The Bertz CT molecular complexity index is 845. The first-order chi connectivity index (χ1) is 13.4. The van der Waals surface area contributed by atoms with E-state index in [4.69, 9.17) is 14.2 Å². The first kappa shape index (κ1) is 20.8. The number of rotatable bonds is 4. The second-order valence-electron chi connectivity index (χ2n) is 7.33. The van der Waals surface area contributed by atoms with E-state index < -0.39 is 0 Å². The Balaban J connectivity index is 2.20. The zero-order valence-corrected chi connectivity index (χ0v) is 18.8. The van der Waals surface area contributed by atoms with Crippen LogP contribution in [0.4, 0.5) is 0 Å². The molecule has 6 heteroatoms. The Labute approximate surface area is 175 Å². The van der Waals surface area contributed by atoms with Crippen LogP contribution in [0.3, 0.4) is 0 Å². The highest BCUT2D eigenvalue weighted by molar-refractivity contribution is 9.10. The lowest BCUT2D eigenvalue weighted by Gasteiger charge is -2.41. The maximum atomic E-state index is 12.1. The van der Waals surface area contributed by atoms with E-state index in [1.54, 1.807) is 21.1 Å². The van der Waals surface area contributed by atoms with E-state index in [9.17, 15) is 4.79 Å². The van der Waals surface area contributed by atoms with Crippen LogP contribution in [0.1, 0.15) is 38.3 Å². The van der Waals surface area contributed by atoms with Gasteiger partial charge in [-0.05, 0) is 43.0 Å². The third kappa shape index (κ3) is 3.43. The summed E-state index contributed by atoms with van der Waals surface area (Å²) in [6.07, 6.45) is 5.77. The molecule has 0 radical (unpaired) electrons. The molecule has 1 aromatic rings. The summed E-state index contributed by atoms with van der Waals surface area (Å²) in [6, 6.07) is 1.99. The van der Waals surface area contributed by atoms with Crippen molar-refractivity contribution in [3.05, 3.63) is 45.2 Å². The molecule has 2 aliphatic rings. The van der Waals surface area contributed by atoms with Gasteiger partial charge in [0.15, 0.2) is 11.5 Å². The van der Waals surface area contributed by atoms with Gasteiger partial charge in [-0.2, -0.15) is 0 Å². The Morgan fingerprint density at radius 3 is 2.75 bits per heavy atom. The van der Waals surface area contributed by atoms with Crippen LogP contribution < -0.4 is 9.47 Å². The van der Waals surface area contributed by atoms with Crippen LogP contribution in [0.5, 0.6) is 11.5 Å². The van der Waals surface area contributed by atoms with Gasteiger partial charge in [0, 0.05) is 30.0 Å². The van der Waals surface area contributed by atoms with Gasteiger partial charge in [0.2, 0.25) is 5.91 Å². The molecular weight excluding hydrogens is 422 g/mol. The summed E-state index contributed by atoms with van der Waals surface area (Å²) in [4.78, 5) is 14.0. The third-order valence-corrected chi connectivity index (χ3v) is 6.59. The first-order valence-electron chi connectivity index (χ1n) is 9.58. The zero-order chi connectivity index (χ0) is 20.5. The SMILES string of the molecule is CCc1c(Br)cc(OC)c2c1C1(CCN(C(C)=O)C/C1=C/C=C(\C)OC)CO2. The number of benzene rings is 1. The van der Waals surface area contributed by atoms with Gasteiger partial charge < -0.3 is 19.1 Å². The van der Waals surface area contributed by atoms with Gasteiger partial charge in [0.25, 0.3) is 0 Å². The summed E-state index contributed by atoms with van der Waals surface area (Å²) < 4.78 is 18.2. The lowest BCUT2D eigenvalue weighted by atomic mass is 9.68. The molecule has 1 atom stereocenters. The fourth-order valence-electron chi connectivity index (χ4n) is 4.20. The van der Waals surface area contributed by atoms with Gasteiger partial charge in [0.05, 0.1) is 25.4 Å². The normalized spacial score (nSPS) is 23.0. The lowest BCUT2D eigenvalue weighted by molar-refractivity contribution is -0.129. The molecule has 1 saturated heterocycles. The van der Waals surface area contributed by atoms with Crippen molar-refractivity contribution in [1.82, 2.24) is 4.90 Å². The Morgan fingerprint density at radius 1 is 1.39 bits per heavy atom. The molecule has 0 saturated carbocycles. The van der Waals surface area contributed by atoms with Crippen molar-refractivity contribution in [1.29, 1.82) is 0 Å². The minimum Gasteiger partial charge on any atom is -0.501 e. The largest absolute Gasteiger partial charge is 0.501 e. The molecule has 2 heterocycles. The molecule has 1 fully saturated rings. The lowest BCUT2D eigenvalue weighted by Crippen LogP contribution is -2.47. The molecule has 5 nitrogen and oxygen atoms in total. The number of allylic oxidation sites excluding steroid dienone is 3. The third-order valence-electron chi connectivity index (χ3n) is 5.88. The fraction of sp³-hybridized carbons (Fsp3) is 0.500. The van der Waals surface area contributed by atoms with Crippen LogP contribution in [0.15, 0.2) is 34.0 Å². The van der Waals surface area contributed by atoms with Gasteiger partial charge >= 0.3 is 0 Å². The van der Waals surface area contributed by atoms with E-state index in [0.717, 1.165) is 34.6 Å². The highest BCUT2D eigenvalue weighted by Crippen LogP contribution is 2.54. The van der Waals surface area contributed by atoms with Crippen molar-refractivity contribution < 1.29 is 19.0 Å². The van der Waals surface area contributed by atoms with Crippen LogP contribution in [0.2, 0.25) is 0 Å². The number of fused-ring (bicyclic) bond motifs is 2. The van der Waals surface area contributed by atoms with Gasteiger partial charge in [-0.25, -0.2) is 0 Å². The molecule has 2 aliphatic heterocycles. The molecule has 1 spiro atoms. The number of nitrogens with zero attached hydrogens (tertiary/aromatic N) is 1. The van der Waals surface area contributed by atoms with Crippen LogP contribution in [-0.2, 0) is 21.4 Å². The molecule has 0 bridgehead atoms. The number of carbonyl (C=O) groups is 1.